The van der Waals surface area contributed by atoms with Gasteiger partial charge in [0.15, 0.2) is 5.65 Å². The third-order valence-corrected chi connectivity index (χ3v) is 8.34. The fourth-order valence-electron chi connectivity index (χ4n) is 6.20. The van der Waals surface area contributed by atoms with E-state index in [-0.39, 0.29) is 47.0 Å². The Morgan fingerprint density at radius 1 is 1.23 bits per heavy atom. The van der Waals surface area contributed by atoms with Gasteiger partial charge in [-0.05, 0) is 43.5 Å². The number of amides is 1. The Morgan fingerprint density at radius 3 is 2.80 bits per heavy atom. The third kappa shape index (κ3) is 5.15. The van der Waals surface area contributed by atoms with E-state index in [1.807, 2.05) is 37.8 Å². The van der Waals surface area contributed by atoms with Gasteiger partial charge >= 0.3 is 5.69 Å². The van der Waals surface area contributed by atoms with E-state index in [4.69, 9.17) is 9.72 Å². The summed E-state index contributed by atoms with van der Waals surface area (Å²) < 4.78 is 39.1. The van der Waals surface area contributed by atoms with Crippen molar-refractivity contribution in [2.24, 2.45) is 0 Å². The summed E-state index contributed by atoms with van der Waals surface area (Å²) in [6, 6.07) is 2.84. The largest absolute Gasteiger partial charge is 0.373 e. The Hall–Kier alpha value is -4.51. The number of hydrogen-bond donors (Lipinski definition) is 0. The van der Waals surface area contributed by atoms with Crippen LogP contribution in [-0.2, 0) is 9.53 Å². The molecule has 5 heterocycles. The van der Waals surface area contributed by atoms with E-state index < -0.39 is 29.4 Å². The van der Waals surface area contributed by atoms with Crippen molar-refractivity contribution in [3.05, 3.63) is 94.4 Å². The minimum absolute atomic E-state index is 0.0809. The lowest BCUT2D eigenvalue weighted by atomic mass is 9.91. The van der Waals surface area contributed by atoms with E-state index >= 15 is 8.78 Å². The summed E-state index contributed by atoms with van der Waals surface area (Å²) in [5.41, 5.74) is 1.19. The molecule has 3 aromatic heterocycles. The summed E-state index contributed by atoms with van der Waals surface area (Å²) in [5, 5.41) is 0.290. The fourth-order valence-corrected chi connectivity index (χ4v) is 6.20. The number of fused-ring (bicyclic) bond motifs is 5. The average Bonchev–Trinajstić information content (AvgIpc) is 3.01. The maximum absolute atomic E-state index is 16.2. The Labute approximate surface area is 253 Å². The average molecular weight is 601 g/mol. The standard InChI is InChI=1S/C33H34F2N6O3/c1-5-26(42)39-14-15-40(20(4)18-39)31-22-17-24(35)29-27-23(34)10-8-11-25(27)44-16-7-6-9-21-12-13-36-28(19(2)3)30(21)41(32(22)37-29)33(43)38-31/h5-6,8-13,17,19-20,25,27H,1,7,14-16,18H2,2-4H3/b9-6-/t20-,25?,27?/m0/s1. The number of halogens is 2. The summed E-state index contributed by atoms with van der Waals surface area (Å²) in [4.78, 5) is 43.9. The molecule has 11 heteroatoms. The molecule has 2 unspecified atom stereocenters. The number of piperazine rings is 1. The van der Waals surface area contributed by atoms with E-state index in [0.29, 0.717) is 43.0 Å². The van der Waals surface area contributed by atoms with Crippen LogP contribution >= 0.6 is 0 Å². The second kappa shape index (κ2) is 11.9. The lowest BCUT2D eigenvalue weighted by molar-refractivity contribution is -0.126. The zero-order valence-corrected chi connectivity index (χ0v) is 24.9. The van der Waals surface area contributed by atoms with Crippen LogP contribution in [0.5, 0.6) is 0 Å². The van der Waals surface area contributed by atoms with Crippen molar-refractivity contribution in [3.63, 3.8) is 0 Å². The molecule has 1 saturated heterocycles. The molecule has 2 aliphatic heterocycles. The summed E-state index contributed by atoms with van der Waals surface area (Å²) in [7, 11) is 0. The predicted molar refractivity (Wildman–Crippen MR) is 165 cm³/mol. The number of rotatable bonds is 3. The van der Waals surface area contributed by atoms with Gasteiger partial charge in [0.1, 0.15) is 17.5 Å². The molecule has 1 fully saturated rings. The molecule has 1 amide bonds. The quantitative estimate of drug-likeness (QED) is 0.392. The van der Waals surface area contributed by atoms with Crippen LogP contribution in [0.2, 0.25) is 0 Å². The first-order valence-corrected chi connectivity index (χ1v) is 14.8. The molecule has 9 nitrogen and oxygen atoms in total. The van der Waals surface area contributed by atoms with Gasteiger partial charge < -0.3 is 14.5 Å². The molecule has 0 saturated carbocycles. The molecule has 2 bridgehead atoms. The van der Waals surface area contributed by atoms with Gasteiger partial charge in [-0.1, -0.05) is 44.7 Å². The Kier molecular flexibility index (Phi) is 7.98. The van der Waals surface area contributed by atoms with Crippen LogP contribution < -0.4 is 10.6 Å². The van der Waals surface area contributed by atoms with Crippen LogP contribution in [0, 0.1) is 5.82 Å². The number of allylic oxidation sites excluding steroid dienone is 2. The fraction of sp³-hybridized carbons (Fsp3) is 0.364. The third-order valence-electron chi connectivity index (χ3n) is 8.34. The summed E-state index contributed by atoms with van der Waals surface area (Å²) >= 11 is 0. The number of pyridine rings is 2. The zero-order chi connectivity index (χ0) is 31.1. The lowest BCUT2D eigenvalue weighted by Crippen LogP contribution is -2.54. The highest BCUT2D eigenvalue weighted by Crippen LogP contribution is 2.38. The van der Waals surface area contributed by atoms with Gasteiger partial charge in [0.05, 0.1) is 41.1 Å². The first-order chi connectivity index (χ1) is 21.2. The Morgan fingerprint density at radius 2 is 2.05 bits per heavy atom. The number of anilines is 1. The molecule has 0 radical (unpaired) electrons. The normalized spacial score (nSPS) is 22.5. The van der Waals surface area contributed by atoms with Gasteiger partial charge in [-0.2, -0.15) is 4.98 Å². The van der Waals surface area contributed by atoms with Crippen molar-refractivity contribution in [2.75, 3.05) is 31.1 Å². The van der Waals surface area contributed by atoms with Crippen LogP contribution in [0.15, 0.2) is 65.9 Å². The molecule has 1 aliphatic carbocycles. The van der Waals surface area contributed by atoms with Gasteiger partial charge in [0.2, 0.25) is 5.91 Å². The monoisotopic (exact) mass is 600 g/mol. The van der Waals surface area contributed by atoms with E-state index in [2.05, 4.69) is 16.5 Å². The SMILES string of the molecule is C=CC(=O)N1CCN(c2nc(=O)n3c4nc(c(F)cc24)C2C(F)=CC=CC2OCC/C=C\c2ccnc(C(C)C)c2-3)[C@@H](C)C1. The summed E-state index contributed by atoms with van der Waals surface area (Å²) in [6.07, 6.45) is 11.0. The number of carbonyl (C=O) groups excluding carboxylic acids is 1. The molecule has 3 aliphatic rings. The highest BCUT2D eigenvalue weighted by Gasteiger charge is 2.35. The van der Waals surface area contributed by atoms with E-state index in [1.165, 1.54) is 22.8 Å². The first kappa shape index (κ1) is 29.6. The van der Waals surface area contributed by atoms with E-state index in [1.54, 1.807) is 29.3 Å². The number of hydrogen-bond acceptors (Lipinski definition) is 7. The second-order valence-corrected chi connectivity index (χ2v) is 11.5. The molecule has 0 spiro atoms. The Bertz CT molecular complexity index is 1800. The first-order valence-electron chi connectivity index (χ1n) is 14.8. The number of ether oxygens (including phenoxy) is 1. The van der Waals surface area contributed by atoms with Crippen molar-refractivity contribution in [2.45, 2.75) is 51.2 Å². The second-order valence-electron chi connectivity index (χ2n) is 11.5. The van der Waals surface area contributed by atoms with Crippen molar-refractivity contribution < 1.29 is 18.3 Å². The smallest absolute Gasteiger partial charge is 0.355 e. The van der Waals surface area contributed by atoms with Crippen LogP contribution in [0.1, 0.15) is 56.0 Å². The molecule has 44 heavy (non-hydrogen) atoms. The molecule has 6 rings (SSSR count). The molecule has 0 aromatic carbocycles. The molecule has 3 atom stereocenters. The minimum Gasteiger partial charge on any atom is -0.373 e. The number of carbonyl (C=O) groups is 1. The summed E-state index contributed by atoms with van der Waals surface area (Å²) in [5.74, 6) is -2.48. The van der Waals surface area contributed by atoms with Crippen molar-refractivity contribution in [1.29, 1.82) is 0 Å². The van der Waals surface area contributed by atoms with Crippen LogP contribution in [0.25, 0.3) is 22.8 Å². The van der Waals surface area contributed by atoms with E-state index in [0.717, 1.165) is 0 Å². The molecule has 0 N–H and O–H groups in total. The lowest BCUT2D eigenvalue weighted by Gasteiger charge is -2.40. The number of aromatic nitrogens is 4. The number of nitrogens with zero attached hydrogens (tertiary/aromatic N) is 6. The molecular weight excluding hydrogens is 566 g/mol. The van der Waals surface area contributed by atoms with Crippen molar-refractivity contribution in [3.8, 4) is 5.69 Å². The zero-order valence-electron chi connectivity index (χ0n) is 24.9. The highest BCUT2D eigenvalue weighted by molar-refractivity contribution is 5.90. The van der Waals surface area contributed by atoms with Crippen LogP contribution in [0.4, 0.5) is 14.6 Å². The van der Waals surface area contributed by atoms with Gasteiger partial charge in [0, 0.05) is 37.4 Å². The van der Waals surface area contributed by atoms with Crippen LogP contribution in [0.3, 0.4) is 0 Å². The molecule has 228 valence electrons. The Balaban J connectivity index is 1.66. The van der Waals surface area contributed by atoms with Crippen LogP contribution in [-0.4, -0.2) is 68.7 Å². The summed E-state index contributed by atoms with van der Waals surface area (Å²) in [6.45, 7) is 10.8. The van der Waals surface area contributed by atoms with Gasteiger partial charge in [-0.3, -0.25) is 9.78 Å². The topological polar surface area (TPSA) is 93.5 Å². The highest BCUT2D eigenvalue weighted by atomic mass is 19.1. The van der Waals surface area contributed by atoms with Gasteiger partial charge in [0.25, 0.3) is 0 Å². The maximum Gasteiger partial charge on any atom is 0.355 e. The van der Waals surface area contributed by atoms with Gasteiger partial charge in [-0.15, -0.1) is 0 Å². The molecule has 3 aromatic rings. The molecular formula is C33H34F2N6O3. The maximum atomic E-state index is 16.2. The van der Waals surface area contributed by atoms with E-state index in [9.17, 15) is 9.59 Å². The predicted octanol–water partition coefficient (Wildman–Crippen LogP) is 4.97. The van der Waals surface area contributed by atoms with Gasteiger partial charge in [-0.25, -0.2) is 23.1 Å². The minimum atomic E-state index is -1.14. The van der Waals surface area contributed by atoms with Crippen molar-refractivity contribution >= 4 is 28.8 Å². The van der Waals surface area contributed by atoms with Crippen molar-refractivity contribution in [1.82, 2.24) is 24.4 Å².